The first-order valence-electron chi connectivity index (χ1n) is 5.50. The minimum absolute atomic E-state index is 0.312. The SMILES string of the molecule is CC1CCN([C@@H](CO)C(C)C)CC1. The zero-order valence-electron chi connectivity index (χ0n) is 9.16. The van der Waals surface area contributed by atoms with Crippen molar-refractivity contribution in [2.45, 2.75) is 39.7 Å². The first-order chi connectivity index (χ1) is 6.15. The van der Waals surface area contributed by atoms with E-state index < -0.39 is 0 Å². The van der Waals surface area contributed by atoms with Crippen molar-refractivity contribution in [1.29, 1.82) is 0 Å². The molecule has 0 bridgehead atoms. The van der Waals surface area contributed by atoms with Crippen LogP contribution in [0.3, 0.4) is 0 Å². The number of hydrogen-bond donors (Lipinski definition) is 1. The van der Waals surface area contributed by atoms with E-state index in [2.05, 4.69) is 25.7 Å². The highest BCUT2D eigenvalue weighted by atomic mass is 16.3. The summed E-state index contributed by atoms with van der Waals surface area (Å²) in [5.41, 5.74) is 0. The van der Waals surface area contributed by atoms with Crippen LogP contribution in [0.5, 0.6) is 0 Å². The van der Waals surface area contributed by atoms with E-state index in [-0.39, 0.29) is 0 Å². The van der Waals surface area contributed by atoms with Gasteiger partial charge in [0.05, 0.1) is 6.61 Å². The van der Waals surface area contributed by atoms with Crippen molar-refractivity contribution in [3.8, 4) is 0 Å². The van der Waals surface area contributed by atoms with Gasteiger partial charge in [0.2, 0.25) is 0 Å². The second-order valence-electron chi connectivity index (χ2n) is 4.71. The van der Waals surface area contributed by atoms with E-state index in [1.165, 1.54) is 25.9 Å². The zero-order chi connectivity index (χ0) is 9.84. The Hall–Kier alpha value is -0.0800. The lowest BCUT2D eigenvalue weighted by Crippen LogP contribution is -2.45. The van der Waals surface area contributed by atoms with E-state index in [1.54, 1.807) is 0 Å². The molecule has 0 aromatic rings. The summed E-state index contributed by atoms with van der Waals surface area (Å²) in [6.07, 6.45) is 2.59. The molecule has 1 N–H and O–H groups in total. The Kier molecular flexibility index (Phi) is 4.20. The summed E-state index contributed by atoms with van der Waals surface area (Å²) in [5.74, 6) is 1.45. The molecule has 2 heteroatoms. The number of hydrogen-bond acceptors (Lipinski definition) is 2. The predicted octanol–water partition coefficient (Wildman–Crippen LogP) is 1.74. The molecule has 1 heterocycles. The lowest BCUT2D eigenvalue weighted by molar-refractivity contribution is 0.0634. The van der Waals surface area contributed by atoms with Gasteiger partial charge in [0.1, 0.15) is 0 Å². The minimum atomic E-state index is 0.312. The van der Waals surface area contributed by atoms with Gasteiger partial charge in [-0.15, -0.1) is 0 Å². The maximum absolute atomic E-state index is 9.27. The molecule has 1 saturated heterocycles. The molecule has 0 spiro atoms. The zero-order valence-corrected chi connectivity index (χ0v) is 9.16. The Morgan fingerprint density at radius 2 is 1.85 bits per heavy atom. The first-order valence-corrected chi connectivity index (χ1v) is 5.50. The molecule has 0 saturated carbocycles. The standard InChI is InChI=1S/C11H23NO/c1-9(2)11(8-13)12-6-4-10(3)5-7-12/h9-11,13H,4-8H2,1-3H3/t11-/m0/s1. The number of piperidine rings is 1. The molecule has 0 aromatic heterocycles. The van der Waals surface area contributed by atoms with Gasteiger partial charge in [-0.2, -0.15) is 0 Å². The van der Waals surface area contributed by atoms with E-state index in [1.807, 2.05) is 0 Å². The largest absolute Gasteiger partial charge is 0.395 e. The molecule has 78 valence electrons. The van der Waals surface area contributed by atoms with Crippen LogP contribution in [0.25, 0.3) is 0 Å². The van der Waals surface area contributed by atoms with Crippen molar-refractivity contribution < 1.29 is 5.11 Å². The van der Waals surface area contributed by atoms with Crippen LogP contribution in [0.15, 0.2) is 0 Å². The average Bonchev–Trinajstić information content (AvgIpc) is 2.09. The highest BCUT2D eigenvalue weighted by Crippen LogP contribution is 2.20. The molecule has 1 aliphatic rings. The van der Waals surface area contributed by atoms with Crippen LogP contribution >= 0.6 is 0 Å². The quantitative estimate of drug-likeness (QED) is 0.724. The topological polar surface area (TPSA) is 23.5 Å². The van der Waals surface area contributed by atoms with Gasteiger partial charge in [-0.25, -0.2) is 0 Å². The third-order valence-corrected chi connectivity index (χ3v) is 3.24. The molecule has 0 amide bonds. The van der Waals surface area contributed by atoms with Gasteiger partial charge in [-0.3, -0.25) is 4.90 Å². The van der Waals surface area contributed by atoms with Gasteiger partial charge in [0.25, 0.3) is 0 Å². The lowest BCUT2D eigenvalue weighted by Gasteiger charge is -2.37. The summed E-state index contributed by atoms with van der Waals surface area (Å²) in [5, 5.41) is 9.27. The van der Waals surface area contributed by atoms with Gasteiger partial charge in [-0.05, 0) is 37.8 Å². The molecule has 0 aromatic carbocycles. The summed E-state index contributed by atoms with van der Waals surface area (Å²) in [6, 6.07) is 0.382. The molecular weight excluding hydrogens is 162 g/mol. The van der Waals surface area contributed by atoms with Crippen molar-refractivity contribution in [2.24, 2.45) is 11.8 Å². The van der Waals surface area contributed by atoms with Gasteiger partial charge in [-0.1, -0.05) is 20.8 Å². The normalized spacial score (nSPS) is 23.8. The highest BCUT2D eigenvalue weighted by molar-refractivity contribution is 4.78. The molecule has 1 aliphatic heterocycles. The Labute approximate surface area is 81.9 Å². The monoisotopic (exact) mass is 185 g/mol. The fourth-order valence-electron chi connectivity index (χ4n) is 2.11. The van der Waals surface area contributed by atoms with Gasteiger partial charge in [0.15, 0.2) is 0 Å². The van der Waals surface area contributed by atoms with E-state index in [4.69, 9.17) is 0 Å². The third kappa shape index (κ3) is 2.96. The number of likely N-dealkylation sites (tertiary alicyclic amines) is 1. The van der Waals surface area contributed by atoms with E-state index in [9.17, 15) is 5.11 Å². The van der Waals surface area contributed by atoms with Crippen molar-refractivity contribution in [1.82, 2.24) is 4.90 Å². The van der Waals surface area contributed by atoms with Crippen LogP contribution in [-0.4, -0.2) is 35.7 Å². The number of aliphatic hydroxyl groups is 1. The molecule has 13 heavy (non-hydrogen) atoms. The summed E-state index contributed by atoms with van der Waals surface area (Å²) in [7, 11) is 0. The van der Waals surface area contributed by atoms with Crippen molar-refractivity contribution >= 4 is 0 Å². The van der Waals surface area contributed by atoms with Crippen molar-refractivity contribution in [2.75, 3.05) is 19.7 Å². The Balaban J connectivity index is 2.41. The van der Waals surface area contributed by atoms with Crippen LogP contribution in [-0.2, 0) is 0 Å². The minimum Gasteiger partial charge on any atom is -0.395 e. The number of nitrogens with zero attached hydrogens (tertiary/aromatic N) is 1. The molecule has 0 unspecified atom stereocenters. The second-order valence-corrected chi connectivity index (χ2v) is 4.71. The lowest BCUT2D eigenvalue weighted by atomic mass is 9.95. The number of aliphatic hydroxyl groups excluding tert-OH is 1. The third-order valence-electron chi connectivity index (χ3n) is 3.24. The predicted molar refractivity (Wildman–Crippen MR) is 55.7 cm³/mol. The van der Waals surface area contributed by atoms with E-state index >= 15 is 0 Å². The van der Waals surface area contributed by atoms with Crippen LogP contribution in [0.2, 0.25) is 0 Å². The average molecular weight is 185 g/mol. The Morgan fingerprint density at radius 1 is 1.31 bits per heavy atom. The van der Waals surface area contributed by atoms with Crippen molar-refractivity contribution in [3.05, 3.63) is 0 Å². The second kappa shape index (κ2) is 4.97. The maximum Gasteiger partial charge on any atom is 0.0589 e. The molecule has 0 aliphatic carbocycles. The van der Waals surface area contributed by atoms with Gasteiger partial charge in [0, 0.05) is 6.04 Å². The smallest absolute Gasteiger partial charge is 0.0589 e. The molecular formula is C11H23NO. The molecule has 1 rings (SSSR count). The molecule has 1 fully saturated rings. The van der Waals surface area contributed by atoms with E-state index in [0.717, 1.165) is 5.92 Å². The van der Waals surface area contributed by atoms with Crippen LogP contribution in [0.1, 0.15) is 33.6 Å². The highest BCUT2D eigenvalue weighted by Gasteiger charge is 2.24. The fourth-order valence-corrected chi connectivity index (χ4v) is 2.11. The Morgan fingerprint density at radius 3 is 2.23 bits per heavy atom. The molecule has 1 atom stereocenters. The Bertz CT molecular complexity index is 139. The fraction of sp³-hybridized carbons (Fsp3) is 1.00. The van der Waals surface area contributed by atoms with Crippen LogP contribution in [0, 0.1) is 11.8 Å². The van der Waals surface area contributed by atoms with E-state index in [0.29, 0.717) is 18.6 Å². The summed E-state index contributed by atoms with van der Waals surface area (Å²) in [6.45, 7) is 9.36. The van der Waals surface area contributed by atoms with Crippen LogP contribution in [0.4, 0.5) is 0 Å². The molecule has 0 radical (unpaired) electrons. The summed E-state index contributed by atoms with van der Waals surface area (Å²) in [4.78, 5) is 2.45. The van der Waals surface area contributed by atoms with Crippen LogP contribution < -0.4 is 0 Å². The summed E-state index contributed by atoms with van der Waals surface area (Å²) >= 11 is 0. The number of rotatable bonds is 3. The van der Waals surface area contributed by atoms with Gasteiger partial charge >= 0.3 is 0 Å². The molecule has 2 nitrogen and oxygen atoms in total. The summed E-state index contributed by atoms with van der Waals surface area (Å²) < 4.78 is 0. The maximum atomic E-state index is 9.27. The van der Waals surface area contributed by atoms with Crippen molar-refractivity contribution in [3.63, 3.8) is 0 Å². The van der Waals surface area contributed by atoms with Gasteiger partial charge < -0.3 is 5.11 Å². The first kappa shape index (κ1) is 11.0.